The van der Waals surface area contributed by atoms with Crippen LogP contribution < -0.4 is 10.5 Å². The van der Waals surface area contributed by atoms with Crippen molar-refractivity contribution >= 4 is 15.7 Å². The third-order valence-corrected chi connectivity index (χ3v) is 4.90. The average molecular weight is 318 g/mol. The van der Waals surface area contributed by atoms with E-state index in [9.17, 15) is 8.42 Å². The SMILES string of the molecule is COCCN(CCOC)S(=O)(=O)c1ccc(OC)cc1N. The van der Waals surface area contributed by atoms with Gasteiger partial charge in [-0.1, -0.05) is 0 Å². The first kappa shape index (κ1) is 17.7. The van der Waals surface area contributed by atoms with Crippen molar-refractivity contribution in [2.75, 3.05) is 53.4 Å². The topological polar surface area (TPSA) is 91.1 Å². The molecule has 7 nitrogen and oxygen atoms in total. The Bertz CT molecular complexity index is 539. The van der Waals surface area contributed by atoms with Crippen LogP contribution in [0.1, 0.15) is 0 Å². The summed E-state index contributed by atoms with van der Waals surface area (Å²) in [6.07, 6.45) is 0. The first-order chi connectivity index (χ1) is 9.97. The molecule has 0 aliphatic heterocycles. The van der Waals surface area contributed by atoms with Crippen molar-refractivity contribution in [2.45, 2.75) is 4.90 Å². The average Bonchev–Trinajstić information content (AvgIpc) is 2.46. The Hall–Kier alpha value is -1.35. The molecule has 120 valence electrons. The minimum Gasteiger partial charge on any atom is -0.497 e. The van der Waals surface area contributed by atoms with Gasteiger partial charge in [0.05, 0.1) is 26.0 Å². The van der Waals surface area contributed by atoms with E-state index in [1.165, 1.54) is 37.8 Å². The van der Waals surface area contributed by atoms with Crippen LogP contribution >= 0.6 is 0 Å². The van der Waals surface area contributed by atoms with Crippen molar-refractivity contribution in [3.8, 4) is 5.75 Å². The summed E-state index contributed by atoms with van der Waals surface area (Å²) in [6.45, 7) is 1.04. The Morgan fingerprint density at radius 1 is 1.10 bits per heavy atom. The van der Waals surface area contributed by atoms with Crippen molar-refractivity contribution in [3.05, 3.63) is 18.2 Å². The molecule has 0 unspecified atom stereocenters. The zero-order valence-corrected chi connectivity index (χ0v) is 13.4. The number of nitrogens with two attached hydrogens (primary N) is 1. The largest absolute Gasteiger partial charge is 0.497 e. The fraction of sp³-hybridized carbons (Fsp3) is 0.538. The molecule has 1 rings (SSSR count). The van der Waals surface area contributed by atoms with Gasteiger partial charge in [0, 0.05) is 33.4 Å². The molecule has 0 aromatic heterocycles. The highest BCUT2D eigenvalue weighted by Crippen LogP contribution is 2.26. The minimum atomic E-state index is -3.71. The second kappa shape index (κ2) is 8.18. The van der Waals surface area contributed by atoms with Crippen LogP contribution in [0.3, 0.4) is 0 Å². The van der Waals surface area contributed by atoms with Gasteiger partial charge in [-0.2, -0.15) is 4.31 Å². The van der Waals surface area contributed by atoms with Crippen molar-refractivity contribution in [1.82, 2.24) is 4.31 Å². The van der Waals surface area contributed by atoms with Crippen LogP contribution in [0, 0.1) is 0 Å². The molecule has 2 N–H and O–H groups in total. The van der Waals surface area contributed by atoms with Gasteiger partial charge in [0.15, 0.2) is 0 Å². The van der Waals surface area contributed by atoms with E-state index in [0.29, 0.717) is 19.0 Å². The van der Waals surface area contributed by atoms with Gasteiger partial charge in [-0.15, -0.1) is 0 Å². The molecule has 0 radical (unpaired) electrons. The lowest BCUT2D eigenvalue weighted by atomic mass is 10.3. The van der Waals surface area contributed by atoms with E-state index in [1.807, 2.05) is 0 Å². The molecule has 0 saturated carbocycles. The van der Waals surface area contributed by atoms with E-state index < -0.39 is 10.0 Å². The lowest BCUT2D eigenvalue weighted by molar-refractivity contribution is 0.150. The number of benzene rings is 1. The van der Waals surface area contributed by atoms with Crippen molar-refractivity contribution < 1.29 is 22.6 Å². The van der Waals surface area contributed by atoms with E-state index >= 15 is 0 Å². The number of anilines is 1. The van der Waals surface area contributed by atoms with Gasteiger partial charge in [0.2, 0.25) is 10.0 Å². The molecule has 0 amide bonds. The number of hydrogen-bond donors (Lipinski definition) is 1. The van der Waals surface area contributed by atoms with Crippen molar-refractivity contribution in [1.29, 1.82) is 0 Å². The fourth-order valence-electron chi connectivity index (χ4n) is 1.77. The van der Waals surface area contributed by atoms with E-state index in [2.05, 4.69) is 0 Å². The highest BCUT2D eigenvalue weighted by molar-refractivity contribution is 7.89. The third kappa shape index (κ3) is 4.57. The van der Waals surface area contributed by atoms with Gasteiger partial charge >= 0.3 is 0 Å². The maximum Gasteiger partial charge on any atom is 0.245 e. The lowest BCUT2D eigenvalue weighted by Gasteiger charge is -2.22. The van der Waals surface area contributed by atoms with Gasteiger partial charge in [0.25, 0.3) is 0 Å². The van der Waals surface area contributed by atoms with Crippen LogP contribution in [-0.4, -0.2) is 60.4 Å². The first-order valence-corrected chi connectivity index (χ1v) is 7.83. The second-order valence-electron chi connectivity index (χ2n) is 4.29. The monoisotopic (exact) mass is 318 g/mol. The second-order valence-corrected chi connectivity index (χ2v) is 6.20. The standard InChI is InChI=1S/C13H22N2O5S/c1-18-8-6-15(7-9-19-2)21(16,17)13-5-4-11(20-3)10-12(13)14/h4-5,10H,6-9,14H2,1-3H3. The van der Waals surface area contributed by atoms with Gasteiger partial charge < -0.3 is 19.9 Å². The highest BCUT2D eigenvalue weighted by Gasteiger charge is 2.26. The van der Waals surface area contributed by atoms with Gasteiger partial charge in [0.1, 0.15) is 10.6 Å². The van der Waals surface area contributed by atoms with Gasteiger partial charge in [-0.05, 0) is 12.1 Å². The molecule has 0 heterocycles. The normalized spacial score (nSPS) is 11.8. The van der Waals surface area contributed by atoms with E-state index in [1.54, 1.807) is 6.07 Å². The molecule has 21 heavy (non-hydrogen) atoms. The number of methoxy groups -OCH3 is 3. The summed E-state index contributed by atoms with van der Waals surface area (Å²) in [5.41, 5.74) is 5.98. The van der Waals surface area contributed by atoms with Crippen molar-refractivity contribution in [3.63, 3.8) is 0 Å². The number of ether oxygens (including phenoxy) is 3. The number of rotatable bonds is 9. The zero-order chi connectivity index (χ0) is 15.9. The summed E-state index contributed by atoms with van der Waals surface area (Å²) in [5, 5.41) is 0. The Kier molecular flexibility index (Phi) is 6.90. The molecular weight excluding hydrogens is 296 g/mol. The molecule has 0 fully saturated rings. The summed E-state index contributed by atoms with van der Waals surface area (Å²) in [5.74, 6) is 0.506. The third-order valence-electron chi connectivity index (χ3n) is 2.92. The molecule has 0 saturated heterocycles. The zero-order valence-electron chi connectivity index (χ0n) is 12.5. The van der Waals surface area contributed by atoms with Gasteiger partial charge in [-0.25, -0.2) is 8.42 Å². The van der Waals surface area contributed by atoms with Crippen LogP contribution in [0.2, 0.25) is 0 Å². The maximum atomic E-state index is 12.7. The Balaban J connectivity index is 3.08. The molecule has 8 heteroatoms. The predicted octanol–water partition coefficient (Wildman–Crippen LogP) is 0.561. The summed E-state index contributed by atoms with van der Waals surface area (Å²) in [7, 11) is 0.818. The molecule has 0 aliphatic rings. The quantitative estimate of drug-likeness (QED) is 0.669. The molecular formula is C13H22N2O5S. The Morgan fingerprint density at radius 3 is 2.10 bits per heavy atom. The number of hydrogen-bond acceptors (Lipinski definition) is 6. The first-order valence-electron chi connectivity index (χ1n) is 6.39. The van der Waals surface area contributed by atoms with E-state index in [4.69, 9.17) is 19.9 Å². The summed E-state index contributed by atoms with van der Waals surface area (Å²) in [6, 6.07) is 4.49. The van der Waals surface area contributed by atoms with Crippen LogP contribution in [-0.2, 0) is 19.5 Å². The Labute approximate surface area is 125 Å². The molecule has 0 aliphatic carbocycles. The molecule has 1 aromatic carbocycles. The lowest BCUT2D eigenvalue weighted by Crippen LogP contribution is -2.36. The number of nitrogens with zero attached hydrogens (tertiary/aromatic N) is 1. The highest BCUT2D eigenvalue weighted by atomic mass is 32.2. The number of nitrogen functional groups attached to an aromatic ring is 1. The Morgan fingerprint density at radius 2 is 1.67 bits per heavy atom. The predicted molar refractivity (Wildman–Crippen MR) is 79.9 cm³/mol. The van der Waals surface area contributed by atoms with Crippen LogP contribution in [0.5, 0.6) is 5.75 Å². The summed E-state index contributed by atoms with van der Waals surface area (Å²) < 4.78 is 41.5. The minimum absolute atomic E-state index is 0.0514. The van der Waals surface area contributed by atoms with E-state index in [0.717, 1.165) is 0 Å². The van der Waals surface area contributed by atoms with Crippen LogP contribution in [0.25, 0.3) is 0 Å². The smallest absolute Gasteiger partial charge is 0.245 e. The van der Waals surface area contributed by atoms with Crippen LogP contribution in [0.15, 0.2) is 23.1 Å². The van der Waals surface area contributed by atoms with Crippen molar-refractivity contribution in [2.24, 2.45) is 0 Å². The molecule has 0 atom stereocenters. The molecule has 0 bridgehead atoms. The molecule has 0 spiro atoms. The fourth-order valence-corrected chi connectivity index (χ4v) is 3.27. The maximum absolute atomic E-state index is 12.7. The van der Waals surface area contributed by atoms with E-state index in [-0.39, 0.29) is 23.7 Å². The molecule has 1 aromatic rings. The van der Waals surface area contributed by atoms with Gasteiger partial charge in [-0.3, -0.25) is 0 Å². The summed E-state index contributed by atoms with van der Waals surface area (Å²) >= 11 is 0. The summed E-state index contributed by atoms with van der Waals surface area (Å²) in [4.78, 5) is 0.0514. The number of sulfonamides is 1. The van der Waals surface area contributed by atoms with Crippen LogP contribution in [0.4, 0.5) is 5.69 Å².